The Morgan fingerprint density at radius 2 is 2.15 bits per heavy atom. The zero-order valence-electron chi connectivity index (χ0n) is 14.8. The van der Waals surface area contributed by atoms with Crippen LogP contribution in [0.2, 0.25) is 5.02 Å². The zero-order chi connectivity index (χ0) is 19.2. The summed E-state index contributed by atoms with van der Waals surface area (Å²) in [7, 11) is 1.87. The summed E-state index contributed by atoms with van der Waals surface area (Å²) in [5, 5.41) is 11.8. The summed E-state index contributed by atoms with van der Waals surface area (Å²) in [4.78, 5) is 15.6. The Hall–Kier alpha value is -2.09. The molecular formula is C19H19ClN4OS2. The van der Waals surface area contributed by atoms with Crippen molar-refractivity contribution >= 4 is 40.6 Å². The lowest BCUT2D eigenvalue weighted by molar-refractivity contribution is -0.128. The number of nitrogens with zero attached hydrogens (tertiary/aromatic N) is 4. The van der Waals surface area contributed by atoms with Gasteiger partial charge in [0, 0.05) is 24.0 Å². The fourth-order valence-corrected chi connectivity index (χ4v) is 4.29. The fourth-order valence-electron chi connectivity index (χ4n) is 2.54. The van der Waals surface area contributed by atoms with Crippen LogP contribution in [0.3, 0.4) is 0 Å². The minimum atomic E-state index is 0.0376. The van der Waals surface area contributed by atoms with E-state index >= 15 is 0 Å². The van der Waals surface area contributed by atoms with E-state index in [2.05, 4.69) is 16.8 Å². The molecule has 1 amide bonds. The van der Waals surface area contributed by atoms with E-state index in [1.807, 2.05) is 53.4 Å². The average Bonchev–Trinajstić information content (AvgIpc) is 3.30. The van der Waals surface area contributed by atoms with Crippen molar-refractivity contribution < 1.29 is 4.79 Å². The second-order valence-electron chi connectivity index (χ2n) is 5.78. The Balaban J connectivity index is 1.68. The predicted molar refractivity (Wildman–Crippen MR) is 112 cm³/mol. The van der Waals surface area contributed by atoms with Crippen molar-refractivity contribution in [2.24, 2.45) is 7.05 Å². The SMILES string of the molecule is C=CCN(Cc1cccs1)C(=O)CSc1nnc(-c2ccccc2Cl)n1C. The molecule has 0 atom stereocenters. The first-order chi connectivity index (χ1) is 13.1. The van der Waals surface area contributed by atoms with Gasteiger partial charge in [0.2, 0.25) is 5.91 Å². The number of rotatable bonds is 8. The van der Waals surface area contributed by atoms with Crippen molar-refractivity contribution in [2.45, 2.75) is 11.7 Å². The Morgan fingerprint density at radius 3 is 2.85 bits per heavy atom. The average molecular weight is 419 g/mol. The van der Waals surface area contributed by atoms with Crippen LogP contribution < -0.4 is 0 Å². The first-order valence-electron chi connectivity index (χ1n) is 8.28. The molecule has 140 valence electrons. The van der Waals surface area contributed by atoms with Crippen molar-refractivity contribution in [3.63, 3.8) is 0 Å². The van der Waals surface area contributed by atoms with Crippen LogP contribution in [0.4, 0.5) is 0 Å². The highest BCUT2D eigenvalue weighted by Gasteiger charge is 2.17. The van der Waals surface area contributed by atoms with Gasteiger partial charge in [0.15, 0.2) is 11.0 Å². The van der Waals surface area contributed by atoms with Gasteiger partial charge >= 0.3 is 0 Å². The van der Waals surface area contributed by atoms with Crippen LogP contribution in [0, 0.1) is 0 Å². The first-order valence-corrected chi connectivity index (χ1v) is 10.5. The molecule has 5 nitrogen and oxygen atoms in total. The van der Waals surface area contributed by atoms with Gasteiger partial charge in [-0.2, -0.15) is 0 Å². The zero-order valence-corrected chi connectivity index (χ0v) is 17.2. The summed E-state index contributed by atoms with van der Waals surface area (Å²) < 4.78 is 1.86. The van der Waals surface area contributed by atoms with E-state index in [0.29, 0.717) is 29.1 Å². The van der Waals surface area contributed by atoms with Gasteiger partial charge in [0.25, 0.3) is 0 Å². The van der Waals surface area contributed by atoms with Crippen LogP contribution in [0.5, 0.6) is 0 Å². The number of hydrogen-bond acceptors (Lipinski definition) is 5. The lowest BCUT2D eigenvalue weighted by Crippen LogP contribution is -2.31. The lowest BCUT2D eigenvalue weighted by atomic mass is 10.2. The predicted octanol–water partition coefficient (Wildman–Crippen LogP) is 4.50. The minimum absolute atomic E-state index is 0.0376. The molecule has 8 heteroatoms. The maximum absolute atomic E-state index is 12.7. The summed E-state index contributed by atoms with van der Waals surface area (Å²) in [6.07, 6.45) is 1.74. The van der Waals surface area contributed by atoms with E-state index in [-0.39, 0.29) is 11.7 Å². The molecule has 0 spiro atoms. The van der Waals surface area contributed by atoms with Gasteiger partial charge in [0.05, 0.1) is 17.3 Å². The topological polar surface area (TPSA) is 51.0 Å². The Morgan fingerprint density at radius 1 is 1.33 bits per heavy atom. The minimum Gasteiger partial charge on any atom is -0.333 e. The summed E-state index contributed by atoms with van der Waals surface area (Å²) >= 11 is 9.26. The molecule has 2 heterocycles. The number of carbonyl (C=O) groups is 1. The lowest BCUT2D eigenvalue weighted by Gasteiger charge is -2.20. The fraction of sp³-hybridized carbons (Fsp3) is 0.211. The van der Waals surface area contributed by atoms with Crippen molar-refractivity contribution in [3.8, 4) is 11.4 Å². The third-order valence-corrected chi connectivity index (χ3v) is 6.10. The number of carbonyl (C=O) groups excluding carboxylic acids is 1. The maximum atomic E-state index is 12.7. The molecule has 0 fully saturated rings. The van der Waals surface area contributed by atoms with Crippen molar-refractivity contribution in [1.82, 2.24) is 19.7 Å². The Kier molecular flexibility index (Phi) is 6.71. The summed E-state index contributed by atoms with van der Waals surface area (Å²) in [5.74, 6) is 1.00. The smallest absolute Gasteiger partial charge is 0.233 e. The first kappa shape index (κ1) is 19.7. The number of aromatic nitrogens is 3. The Labute approximate surface area is 171 Å². The highest BCUT2D eigenvalue weighted by atomic mass is 35.5. The van der Waals surface area contributed by atoms with Crippen LogP contribution in [0.15, 0.2) is 59.6 Å². The monoisotopic (exact) mass is 418 g/mol. The van der Waals surface area contributed by atoms with Gasteiger partial charge in [-0.15, -0.1) is 28.1 Å². The molecule has 27 heavy (non-hydrogen) atoms. The van der Waals surface area contributed by atoms with Gasteiger partial charge in [-0.3, -0.25) is 4.79 Å². The third kappa shape index (κ3) is 4.80. The second-order valence-corrected chi connectivity index (χ2v) is 8.16. The number of hydrogen-bond donors (Lipinski definition) is 0. The molecular weight excluding hydrogens is 400 g/mol. The van der Waals surface area contributed by atoms with Gasteiger partial charge in [0.1, 0.15) is 0 Å². The van der Waals surface area contributed by atoms with Crippen molar-refractivity contribution in [2.75, 3.05) is 12.3 Å². The number of benzene rings is 1. The van der Waals surface area contributed by atoms with E-state index in [0.717, 1.165) is 10.4 Å². The molecule has 0 saturated heterocycles. The molecule has 0 radical (unpaired) electrons. The van der Waals surface area contributed by atoms with Gasteiger partial charge < -0.3 is 9.47 Å². The summed E-state index contributed by atoms with van der Waals surface area (Å²) in [6, 6.07) is 11.5. The molecule has 0 unspecified atom stereocenters. The molecule has 0 aliphatic carbocycles. The largest absolute Gasteiger partial charge is 0.333 e. The van der Waals surface area contributed by atoms with Crippen LogP contribution >= 0.6 is 34.7 Å². The van der Waals surface area contributed by atoms with Gasteiger partial charge in [-0.05, 0) is 23.6 Å². The number of amides is 1. The van der Waals surface area contributed by atoms with Crippen LogP contribution in [-0.2, 0) is 18.4 Å². The molecule has 0 saturated carbocycles. The Bertz CT molecular complexity index is 924. The molecule has 2 aromatic heterocycles. The van der Waals surface area contributed by atoms with E-state index < -0.39 is 0 Å². The quantitative estimate of drug-likeness (QED) is 0.399. The molecule has 0 N–H and O–H groups in total. The number of thioether (sulfide) groups is 1. The van der Waals surface area contributed by atoms with E-state index in [4.69, 9.17) is 11.6 Å². The second kappa shape index (κ2) is 9.21. The molecule has 3 rings (SSSR count). The van der Waals surface area contributed by atoms with Crippen LogP contribution in [0.25, 0.3) is 11.4 Å². The van der Waals surface area contributed by atoms with Crippen molar-refractivity contribution in [1.29, 1.82) is 0 Å². The number of thiophene rings is 1. The standard InChI is InChI=1S/C19H19ClN4OS2/c1-3-10-24(12-14-7-6-11-26-14)17(25)13-27-19-22-21-18(23(19)2)15-8-4-5-9-16(15)20/h3-9,11H,1,10,12-13H2,2H3. The van der Waals surface area contributed by atoms with E-state index in [1.54, 1.807) is 22.3 Å². The third-order valence-electron chi connectivity index (χ3n) is 3.90. The van der Waals surface area contributed by atoms with Crippen LogP contribution in [-0.4, -0.2) is 37.9 Å². The van der Waals surface area contributed by atoms with Crippen molar-refractivity contribution in [3.05, 3.63) is 64.3 Å². The summed E-state index contributed by atoms with van der Waals surface area (Å²) in [5.41, 5.74) is 0.818. The van der Waals surface area contributed by atoms with E-state index in [9.17, 15) is 4.79 Å². The highest BCUT2D eigenvalue weighted by Crippen LogP contribution is 2.28. The molecule has 1 aromatic carbocycles. The number of halogens is 1. The molecule has 0 aliphatic rings. The summed E-state index contributed by atoms with van der Waals surface area (Å²) in [6.45, 7) is 4.86. The molecule has 0 bridgehead atoms. The van der Waals surface area contributed by atoms with E-state index in [1.165, 1.54) is 11.8 Å². The normalized spacial score (nSPS) is 10.7. The van der Waals surface area contributed by atoms with Gasteiger partial charge in [-0.1, -0.05) is 47.6 Å². The highest BCUT2D eigenvalue weighted by molar-refractivity contribution is 7.99. The molecule has 0 aliphatic heterocycles. The van der Waals surface area contributed by atoms with Gasteiger partial charge in [-0.25, -0.2) is 0 Å². The maximum Gasteiger partial charge on any atom is 0.233 e. The molecule has 3 aromatic rings. The van der Waals surface area contributed by atoms with Crippen LogP contribution in [0.1, 0.15) is 4.88 Å².